The molecule has 0 bridgehead atoms. The van der Waals surface area contributed by atoms with Crippen molar-refractivity contribution in [1.29, 1.82) is 5.26 Å². The Bertz CT molecular complexity index is 3580. The molecule has 5 aliphatic heterocycles. The first-order chi connectivity index (χ1) is 42.5. The zero-order chi connectivity index (χ0) is 67.5. The quantitative estimate of drug-likeness (QED) is 0.0472. The fourth-order valence-corrected chi connectivity index (χ4v) is 37.6. The number of hydrogen-bond acceptors (Lipinski definition) is 17. The van der Waals surface area contributed by atoms with Gasteiger partial charge in [-0.3, -0.25) is 0 Å². The average Bonchev–Trinajstić information content (AvgIpc) is 1.50. The minimum absolute atomic E-state index is 0.135. The number of nitriles is 1. The van der Waals surface area contributed by atoms with Crippen molar-refractivity contribution in [2.24, 2.45) is 0 Å². The number of benzene rings is 4. The van der Waals surface area contributed by atoms with Crippen LogP contribution in [0.15, 0.2) is 125 Å². The summed E-state index contributed by atoms with van der Waals surface area (Å²) in [4.78, 5) is 4.37. The van der Waals surface area contributed by atoms with Gasteiger partial charge in [0.25, 0.3) is 8.53 Å². The number of allylic oxidation sites excluding steroid dienone is 1. The topological polar surface area (TPSA) is 181 Å². The molecule has 22 heteroatoms. The fourth-order valence-electron chi connectivity index (χ4n) is 12.4. The summed E-state index contributed by atoms with van der Waals surface area (Å²) in [5, 5.41) is 9.19. The second-order valence-electron chi connectivity index (χ2n) is 29.6. The number of hydrogen-bond donors (Lipinski definition) is 1. The molecule has 92 heavy (non-hydrogen) atoms. The van der Waals surface area contributed by atoms with E-state index < -0.39 is 91.0 Å². The fraction of sp³-hybridized carbons (Fsp3) is 0.557. The zero-order valence-corrected chi connectivity index (χ0v) is 63.7. The van der Waals surface area contributed by atoms with Gasteiger partial charge in [-0.05, 0) is 46.6 Å². The van der Waals surface area contributed by atoms with Crippen molar-refractivity contribution in [3.05, 3.63) is 132 Å². The van der Waals surface area contributed by atoms with Crippen molar-refractivity contribution >= 4 is 77.5 Å². The van der Waals surface area contributed by atoms with Crippen LogP contribution < -0.4 is 28.0 Å². The second-order valence-corrected chi connectivity index (χ2v) is 44.8. The number of nitrogens with one attached hydrogen (secondary N) is 1. The van der Waals surface area contributed by atoms with Gasteiger partial charge in [0.15, 0.2) is 0 Å². The predicted molar refractivity (Wildman–Crippen MR) is 368 cm³/mol. The molecule has 18 nitrogen and oxygen atoms in total. The van der Waals surface area contributed by atoms with Gasteiger partial charge in [0.05, 0.1) is 25.7 Å². The van der Waals surface area contributed by atoms with E-state index in [0.717, 1.165) is 36.9 Å². The van der Waals surface area contributed by atoms with Crippen molar-refractivity contribution in [3.63, 3.8) is 0 Å². The third-order valence-corrected chi connectivity index (χ3v) is 41.4. The van der Waals surface area contributed by atoms with Gasteiger partial charge in [0.1, 0.15) is 0 Å². The monoisotopic (exact) mass is 1430 g/mol. The van der Waals surface area contributed by atoms with Crippen LogP contribution in [0.5, 0.6) is 5.75 Å². The number of rotatable bonds is 21. The average molecular weight is 1430 g/mol. The molecule has 0 saturated carbocycles. The molecule has 6 aliphatic rings. The number of ether oxygens (including phenoxy) is 1. The summed E-state index contributed by atoms with van der Waals surface area (Å²) >= 11 is -10.4. The van der Waals surface area contributed by atoms with Crippen LogP contribution in [0, 0.1) is 11.3 Å². The van der Waals surface area contributed by atoms with Crippen LogP contribution in [-0.2, 0) is 48.9 Å². The summed E-state index contributed by atoms with van der Waals surface area (Å²) in [6.07, 6.45) is 7.58. The van der Waals surface area contributed by atoms with Crippen molar-refractivity contribution in [1.82, 2.24) is 9.39 Å². The van der Waals surface area contributed by atoms with Crippen LogP contribution in [0.3, 0.4) is 0 Å². The first-order valence-electron chi connectivity index (χ1n) is 32.2. The van der Waals surface area contributed by atoms with E-state index in [-0.39, 0.29) is 42.6 Å². The Morgan fingerprint density at radius 3 is 1.50 bits per heavy atom. The molecule has 504 valence electrons. The van der Waals surface area contributed by atoms with Gasteiger partial charge in [-0.2, -0.15) is 5.26 Å². The molecule has 2 spiro atoms. The summed E-state index contributed by atoms with van der Waals surface area (Å²) in [5.41, 5.74) is -0.563. The molecular formula is C70H100As2N5O13PS. The predicted octanol–water partition coefficient (Wildman–Crippen LogP) is 13.6. The van der Waals surface area contributed by atoms with E-state index in [2.05, 4.69) is 65.1 Å². The zero-order valence-electron chi connectivity index (χ0n) is 58.2. The van der Waals surface area contributed by atoms with E-state index in [0.29, 0.717) is 42.1 Å². The summed E-state index contributed by atoms with van der Waals surface area (Å²) in [5.74, 6) is 1.12. The Labute approximate surface area is 553 Å². The van der Waals surface area contributed by atoms with Crippen molar-refractivity contribution < 1.29 is 52.0 Å². The first kappa shape index (κ1) is 70.8. The first-order valence-corrected chi connectivity index (χ1v) is 42.8. The van der Waals surface area contributed by atoms with E-state index in [4.69, 9.17) is 43.6 Å². The van der Waals surface area contributed by atoms with Crippen LogP contribution in [0.25, 0.3) is 5.57 Å². The maximum absolute atomic E-state index is 14.8. The van der Waals surface area contributed by atoms with Gasteiger partial charge >= 0.3 is 403 Å². The normalized spacial score (nSPS) is 25.3. The van der Waals surface area contributed by atoms with Gasteiger partial charge in [0.2, 0.25) is 10.0 Å². The van der Waals surface area contributed by atoms with Gasteiger partial charge in [-0.15, -0.1) is 0 Å². The van der Waals surface area contributed by atoms with E-state index in [1.807, 2.05) is 210 Å². The number of unbranched alkanes of at least 4 members (excludes halogenated alkanes) is 1. The molecule has 0 aromatic heterocycles. The van der Waals surface area contributed by atoms with E-state index in [9.17, 15) is 13.7 Å². The number of sulfonamides is 1. The van der Waals surface area contributed by atoms with E-state index >= 15 is 0 Å². The van der Waals surface area contributed by atoms with Gasteiger partial charge in [0, 0.05) is 18.6 Å². The number of fused-ring (bicyclic) bond motifs is 2. The van der Waals surface area contributed by atoms with Crippen LogP contribution in [-0.4, -0.2) is 138 Å². The van der Waals surface area contributed by atoms with Crippen LogP contribution in [0.2, 0.25) is 0 Å². The molecule has 1 aliphatic carbocycles. The Morgan fingerprint density at radius 2 is 1.03 bits per heavy atom. The molecule has 0 radical (unpaired) electrons. The molecular weight excluding hydrogens is 1330 g/mol. The number of nitrogens with zero attached hydrogens (tertiary/aromatic N) is 4. The summed E-state index contributed by atoms with van der Waals surface area (Å²) in [7, 11) is -1.48. The van der Waals surface area contributed by atoms with Gasteiger partial charge < -0.3 is 9.05 Å². The Morgan fingerprint density at radius 1 is 0.587 bits per heavy atom. The van der Waals surface area contributed by atoms with Crippen LogP contribution in [0.4, 0.5) is 17.1 Å². The molecule has 4 fully saturated rings. The summed E-state index contributed by atoms with van der Waals surface area (Å²) in [6.45, 7) is 41.6. The maximum atomic E-state index is 14.8. The van der Waals surface area contributed by atoms with Crippen molar-refractivity contribution in [3.8, 4) is 11.8 Å². The SMILES string of the molecule is CC(C)N(C(C)C)P(OCCC#N)OCCCCNS(=O)(=O)c1ccccc1C1=C2C=CC(N(C)c3ccc([As]45(OC(C)(C)C(C)(C)O4)OC(C)(C)C(C)(C)O5)cc3)C=C2Oc2cc(N(C)c3ccc([As]45(OC(C)(C)C(C)(C)O4)OC(C)(C)C(C)(C)O5)cc3)ccc21. The molecule has 0 amide bonds. The molecule has 10 rings (SSSR count). The molecule has 5 heterocycles. The van der Waals surface area contributed by atoms with Crippen molar-refractivity contribution in [2.45, 2.75) is 226 Å². The Hall–Kier alpha value is -3.99. The van der Waals surface area contributed by atoms with Crippen molar-refractivity contribution in [2.75, 3.05) is 43.7 Å². The van der Waals surface area contributed by atoms with E-state index in [1.165, 1.54) is 0 Å². The van der Waals surface area contributed by atoms with Crippen LogP contribution >= 0.6 is 8.53 Å². The Kier molecular flexibility index (Phi) is 18.4. The molecule has 4 saturated heterocycles. The minimum atomic E-state index is -5.20. The second kappa shape index (κ2) is 23.9. The third-order valence-electron chi connectivity index (χ3n) is 20.0. The molecule has 4 aromatic rings. The number of likely N-dealkylation sites (N-methyl/N-ethyl adjacent to an activating group) is 1. The number of anilines is 3. The summed E-state index contributed by atoms with van der Waals surface area (Å²) < 4.78 is 112. The molecule has 1 N–H and O–H groups in total. The Balaban J connectivity index is 0.976. The van der Waals surface area contributed by atoms with Gasteiger partial charge in [-0.1, -0.05) is 12.1 Å². The standard InChI is InChI=1S/C70H100As2N5O13PS/c1-48(2)77(49(3)4)91(81-45-27-42-73)80-44-26-25-43-74-92(78,79)61-29-24-23-28-58(61)62-56-40-38-54(75(21)52-34-30-50(31-35-52)71(83-63(5,6)64(7,8)84-71)85-65(9,10)66(11,12)86-71)46-59(56)82-60-47-55(39-41-57(60)62)76(22)53-36-32-51(33-37-53)72(87-67(13,14)68(15,16)88-72)89-69(17,18)70(19,20)90-72/h23-24,28-41,46-49,54,74H,25-27,43-45H2,1-22H3. The molecule has 2 unspecified atom stereocenters. The van der Waals surface area contributed by atoms with E-state index in [1.54, 1.807) is 12.1 Å². The van der Waals surface area contributed by atoms with Crippen LogP contribution in [0.1, 0.15) is 169 Å². The summed E-state index contributed by atoms with van der Waals surface area (Å²) in [6, 6.07) is 31.5. The van der Waals surface area contributed by atoms with Gasteiger partial charge in [-0.25, -0.2) is 17.8 Å². The molecule has 4 aromatic carbocycles. The molecule has 2 atom stereocenters. The third kappa shape index (κ3) is 12.2.